The predicted molar refractivity (Wildman–Crippen MR) is 73.8 cm³/mol. The lowest BCUT2D eigenvalue weighted by molar-refractivity contribution is 0.576. The molecule has 0 aliphatic carbocycles. The Bertz CT molecular complexity index is 712. The molecule has 5 nitrogen and oxygen atoms in total. The second-order valence-corrected chi connectivity index (χ2v) is 6.08. The average Bonchev–Trinajstić information content (AvgIpc) is 2.35. The van der Waals surface area contributed by atoms with Crippen LogP contribution in [0.5, 0.6) is 0 Å². The molecular weight excluding hydrogens is 281 g/mol. The van der Waals surface area contributed by atoms with E-state index in [1.165, 1.54) is 6.07 Å². The van der Waals surface area contributed by atoms with Crippen molar-refractivity contribution in [2.45, 2.75) is 18.4 Å². The van der Waals surface area contributed by atoms with Crippen LogP contribution in [0.1, 0.15) is 11.4 Å². The topological polar surface area (TPSA) is 85.1 Å². The van der Waals surface area contributed by atoms with Crippen molar-refractivity contribution in [1.29, 1.82) is 0 Å². The van der Waals surface area contributed by atoms with Gasteiger partial charge in [0.1, 0.15) is 5.82 Å². The number of benzene rings is 1. The van der Waals surface area contributed by atoms with Crippen LogP contribution in [0.4, 0.5) is 10.1 Å². The molecule has 0 aliphatic rings. The number of sulfonamides is 1. The second-order valence-electron chi connectivity index (χ2n) is 4.32. The summed E-state index contributed by atoms with van der Waals surface area (Å²) < 4.78 is 39.6. The van der Waals surface area contributed by atoms with Gasteiger partial charge in [-0.2, -0.15) is 0 Å². The van der Waals surface area contributed by atoms with Gasteiger partial charge in [0, 0.05) is 11.4 Å². The van der Waals surface area contributed by atoms with Crippen molar-refractivity contribution in [1.82, 2.24) is 9.71 Å². The number of pyridine rings is 1. The van der Waals surface area contributed by atoms with Crippen LogP contribution in [-0.2, 0) is 16.6 Å². The van der Waals surface area contributed by atoms with Gasteiger partial charge in [0.2, 0.25) is 10.0 Å². The molecule has 1 aromatic carbocycles. The van der Waals surface area contributed by atoms with Gasteiger partial charge in [-0.1, -0.05) is 6.07 Å². The van der Waals surface area contributed by atoms with Gasteiger partial charge in [-0.3, -0.25) is 4.98 Å². The summed E-state index contributed by atoms with van der Waals surface area (Å²) in [5.74, 6) is -0.695. The quantitative estimate of drug-likeness (QED) is 0.839. The molecule has 20 heavy (non-hydrogen) atoms. The van der Waals surface area contributed by atoms with E-state index in [0.29, 0.717) is 5.69 Å². The van der Waals surface area contributed by atoms with Gasteiger partial charge in [0.05, 0.1) is 17.1 Å². The molecule has 0 bridgehead atoms. The molecule has 1 heterocycles. The van der Waals surface area contributed by atoms with Crippen molar-refractivity contribution in [3.63, 3.8) is 0 Å². The maximum atomic E-state index is 13.2. The minimum absolute atomic E-state index is 0.0282. The fraction of sp³-hybridized carbons (Fsp3) is 0.154. The van der Waals surface area contributed by atoms with Crippen molar-refractivity contribution < 1.29 is 12.8 Å². The molecule has 0 amide bonds. The fourth-order valence-electron chi connectivity index (χ4n) is 1.69. The number of anilines is 1. The SMILES string of the molecule is Cc1cccc(CNS(=O)(=O)c2cc(N)cc(F)c2)n1. The number of nitrogens with one attached hydrogen (secondary N) is 1. The molecular formula is C13H14FN3O2S. The summed E-state index contributed by atoms with van der Waals surface area (Å²) in [5.41, 5.74) is 6.86. The molecule has 0 saturated carbocycles. The summed E-state index contributed by atoms with van der Waals surface area (Å²) in [6, 6.07) is 8.48. The molecule has 0 spiro atoms. The lowest BCUT2D eigenvalue weighted by Gasteiger charge is -2.08. The molecule has 0 saturated heterocycles. The molecule has 3 N–H and O–H groups in total. The Morgan fingerprint density at radius 3 is 2.70 bits per heavy atom. The van der Waals surface area contributed by atoms with E-state index in [2.05, 4.69) is 9.71 Å². The van der Waals surface area contributed by atoms with E-state index in [-0.39, 0.29) is 17.1 Å². The molecule has 0 atom stereocenters. The van der Waals surface area contributed by atoms with Crippen LogP contribution in [-0.4, -0.2) is 13.4 Å². The van der Waals surface area contributed by atoms with Gasteiger partial charge in [0.15, 0.2) is 0 Å². The molecule has 2 aromatic rings. The summed E-state index contributed by atoms with van der Waals surface area (Å²) in [7, 11) is -3.83. The maximum Gasteiger partial charge on any atom is 0.241 e. The highest BCUT2D eigenvalue weighted by atomic mass is 32.2. The Labute approximate surface area is 116 Å². The van der Waals surface area contributed by atoms with Gasteiger partial charge in [-0.15, -0.1) is 0 Å². The monoisotopic (exact) mass is 295 g/mol. The molecule has 0 radical (unpaired) electrons. The number of aromatic nitrogens is 1. The molecule has 0 fully saturated rings. The minimum atomic E-state index is -3.83. The standard InChI is InChI=1S/C13H14FN3O2S/c1-9-3-2-4-12(17-9)8-16-20(18,19)13-6-10(14)5-11(15)7-13/h2-7,16H,8,15H2,1H3. The number of nitrogens with two attached hydrogens (primary N) is 1. The van der Waals surface area contributed by atoms with Gasteiger partial charge in [-0.25, -0.2) is 17.5 Å². The van der Waals surface area contributed by atoms with Crippen LogP contribution in [0.15, 0.2) is 41.3 Å². The maximum absolute atomic E-state index is 13.2. The zero-order valence-corrected chi connectivity index (χ0v) is 11.6. The van der Waals surface area contributed by atoms with E-state index >= 15 is 0 Å². The van der Waals surface area contributed by atoms with Crippen molar-refractivity contribution in [2.24, 2.45) is 0 Å². The van der Waals surface area contributed by atoms with Crippen molar-refractivity contribution in [2.75, 3.05) is 5.73 Å². The third-order valence-electron chi connectivity index (χ3n) is 2.59. The van der Waals surface area contributed by atoms with Gasteiger partial charge in [-0.05, 0) is 37.3 Å². The second kappa shape index (κ2) is 5.56. The summed E-state index contributed by atoms with van der Waals surface area (Å²) in [6.45, 7) is 1.84. The number of hydrogen-bond donors (Lipinski definition) is 2. The first-order valence-electron chi connectivity index (χ1n) is 5.85. The van der Waals surface area contributed by atoms with Crippen LogP contribution in [0.25, 0.3) is 0 Å². The van der Waals surface area contributed by atoms with Crippen molar-refractivity contribution >= 4 is 15.7 Å². The predicted octanol–water partition coefficient (Wildman–Crippen LogP) is 1.59. The molecule has 7 heteroatoms. The van der Waals surface area contributed by atoms with Gasteiger partial charge < -0.3 is 5.73 Å². The van der Waals surface area contributed by atoms with E-state index in [9.17, 15) is 12.8 Å². The number of nitrogens with zero attached hydrogens (tertiary/aromatic N) is 1. The molecule has 0 unspecified atom stereocenters. The molecule has 1 aromatic heterocycles. The van der Waals surface area contributed by atoms with Crippen LogP contribution >= 0.6 is 0 Å². The number of nitrogen functional groups attached to an aromatic ring is 1. The zero-order valence-electron chi connectivity index (χ0n) is 10.8. The van der Waals surface area contributed by atoms with E-state index in [4.69, 9.17) is 5.73 Å². The third-order valence-corrected chi connectivity index (χ3v) is 3.97. The highest BCUT2D eigenvalue weighted by Crippen LogP contribution is 2.16. The molecule has 106 valence electrons. The Morgan fingerprint density at radius 1 is 1.30 bits per heavy atom. The lowest BCUT2D eigenvalue weighted by Crippen LogP contribution is -2.24. The number of halogens is 1. The van der Waals surface area contributed by atoms with E-state index in [1.807, 2.05) is 13.0 Å². The first-order chi connectivity index (χ1) is 9.37. The van der Waals surface area contributed by atoms with Gasteiger partial charge in [0.25, 0.3) is 0 Å². The number of aryl methyl sites for hydroxylation is 1. The highest BCUT2D eigenvalue weighted by Gasteiger charge is 2.15. The summed E-state index contributed by atoms with van der Waals surface area (Å²) in [4.78, 5) is 3.97. The molecule has 2 rings (SSSR count). The third kappa shape index (κ3) is 3.52. The Hall–Kier alpha value is -1.99. The lowest BCUT2D eigenvalue weighted by atomic mass is 10.3. The Balaban J connectivity index is 2.19. The van der Waals surface area contributed by atoms with E-state index < -0.39 is 15.8 Å². The smallest absolute Gasteiger partial charge is 0.241 e. The normalized spacial score (nSPS) is 11.5. The van der Waals surface area contributed by atoms with Crippen LogP contribution in [0, 0.1) is 12.7 Å². The largest absolute Gasteiger partial charge is 0.399 e. The first kappa shape index (κ1) is 14.4. The minimum Gasteiger partial charge on any atom is -0.399 e. The van der Waals surface area contributed by atoms with E-state index in [1.54, 1.807) is 12.1 Å². The van der Waals surface area contributed by atoms with Crippen LogP contribution in [0.3, 0.4) is 0 Å². The Morgan fingerprint density at radius 2 is 2.05 bits per heavy atom. The average molecular weight is 295 g/mol. The summed E-state index contributed by atoms with van der Waals surface area (Å²) in [5, 5.41) is 0. The van der Waals surface area contributed by atoms with Crippen molar-refractivity contribution in [3.05, 3.63) is 53.6 Å². The number of rotatable bonds is 4. The molecule has 0 aliphatic heterocycles. The zero-order chi connectivity index (χ0) is 14.8. The summed E-state index contributed by atoms with van der Waals surface area (Å²) >= 11 is 0. The highest BCUT2D eigenvalue weighted by molar-refractivity contribution is 7.89. The Kier molecular flexibility index (Phi) is 4.01. The van der Waals surface area contributed by atoms with Crippen LogP contribution < -0.4 is 10.5 Å². The fourth-order valence-corrected chi connectivity index (χ4v) is 2.75. The van der Waals surface area contributed by atoms with Gasteiger partial charge >= 0.3 is 0 Å². The van der Waals surface area contributed by atoms with E-state index in [0.717, 1.165) is 17.8 Å². The first-order valence-corrected chi connectivity index (χ1v) is 7.33. The van der Waals surface area contributed by atoms with Crippen molar-refractivity contribution in [3.8, 4) is 0 Å². The van der Waals surface area contributed by atoms with Crippen LogP contribution in [0.2, 0.25) is 0 Å². The summed E-state index contributed by atoms with van der Waals surface area (Å²) in [6.07, 6.45) is 0. The number of hydrogen-bond acceptors (Lipinski definition) is 4.